The number of rotatable bonds is 6. The number of nitrogens with one attached hydrogen (secondary N) is 1. The lowest BCUT2D eigenvalue weighted by molar-refractivity contribution is -0.129. The number of nitriles is 1. The highest BCUT2D eigenvalue weighted by Crippen LogP contribution is 2.41. The highest BCUT2D eigenvalue weighted by Gasteiger charge is 2.40. The van der Waals surface area contributed by atoms with E-state index in [-0.39, 0.29) is 11.3 Å². The summed E-state index contributed by atoms with van der Waals surface area (Å²) in [6, 6.07) is 18.3. The van der Waals surface area contributed by atoms with Gasteiger partial charge in [0.2, 0.25) is 11.8 Å². The maximum absolute atomic E-state index is 13.8. The molecule has 2 aromatic carbocycles. The van der Waals surface area contributed by atoms with Crippen LogP contribution >= 0.6 is 0 Å². The number of methoxy groups -OCH3 is 1. The number of ether oxygens (including phenoxy) is 1. The Morgan fingerprint density at radius 3 is 2.74 bits per heavy atom. The van der Waals surface area contributed by atoms with E-state index in [1.807, 2.05) is 42.5 Å². The quantitative estimate of drug-likeness (QED) is 0.567. The second-order valence-electron chi connectivity index (χ2n) is 9.73. The predicted octanol–water partition coefficient (Wildman–Crippen LogP) is 4.99. The molecule has 0 saturated heterocycles. The molecule has 1 aromatic heterocycles. The van der Waals surface area contributed by atoms with Crippen molar-refractivity contribution in [3.8, 4) is 11.9 Å². The number of hydrogen-bond donors (Lipinski definition) is 1. The first-order valence-electron chi connectivity index (χ1n) is 12.3. The van der Waals surface area contributed by atoms with Crippen LogP contribution in [0.5, 0.6) is 5.88 Å². The lowest BCUT2D eigenvalue weighted by atomic mass is 9.71. The Labute approximate surface area is 201 Å². The first-order valence-corrected chi connectivity index (χ1v) is 12.3. The van der Waals surface area contributed by atoms with Gasteiger partial charge in [-0.15, -0.1) is 0 Å². The van der Waals surface area contributed by atoms with Gasteiger partial charge < -0.3 is 4.74 Å². The van der Waals surface area contributed by atoms with Crippen LogP contribution in [0.15, 0.2) is 48.5 Å². The summed E-state index contributed by atoms with van der Waals surface area (Å²) in [5.74, 6) is 0.734. The van der Waals surface area contributed by atoms with E-state index < -0.39 is 0 Å². The van der Waals surface area contributed by atoms with E-state index in [2.05, 4.69) is 22.5 Å². The molecule has 3 aromatic rings. The van der Waals surface area contributed by atoms with Crippen LogP contribution in [-0.2, 0) is 17.8 Å². The van der Waals surface area contributed by atoms with Crippen molar-refractivity contribution in [2.45, 2.75) is 51.5 Å². The summed E-state index contributed by atoms with van der Waals surface area (Å²) >= 11 is 0. The number of carbonyl (C=O) groups excluding carboxylic acids is 1. The smallest absolute Gasteiger partial charge is 0.245 e. The van der Waals surface area contributed by atoms with E-state index in [1.54, 1.807) is 11.8 Å². The molecule has 1 N–H and O–H groups in total. The average Bonchev–Trinajstić information content (AvgIpc) is 3.25. The molecule has 1 aliphatic heterocycles. The number of fused-ring (bicyclic) bond motifs is 2. The van der Waals surface area contributed by atoms with E-state index in [4.69, 9.17) is 4.74 Å². The van der Waals surface area contributed by atoms with Gasteiger partial charge in [-0.3, -0.25) is 15.1 Å². The fraction of sp³-hybridized carbons (Fsp3) is 0.429. The Hall–Kier alpha value is -3.30. The van der Waals surface area contributed by atoms with Gasteiger partial charge >= 0.3 is 0 Å². The van der Waals surface area contributed by atoms with Gasteiger partial charge in [0.05, 0.1) is 29.7 Å². The summed E-state index contributed by atoms with van der Waals surface area (Å²) in [6.07, 6.45) is 7.04. The van der Waals surface area contributed by atoms with E-state index >= 15 is 0 Å². The average molecular weight is 457 g/mol. The monoisotopic (exact) mass is 456 g/mol. The Morgan fingerprint density at radius 2 is 1.94 bits per heavy atom. The minimum Gasteiger partial charge on any atom is -0.481 e. The van der Waals surface area contributed by atoms with Gasteiger partial charge in [-0.2, -0.15) is 5.26 Å². The van der Waals surface area contributed by atoms with Gasteiger partial charge in [0.25, 0.3) is 0 Å². The fourth-order valence-electron chi connectivity index (χ4n) is 5.68. The lowest BCUT2D eigenvalue weighted by Gasteiger charge is -2.38. The zero-order valence-electron chi connectivity index (χ0n) is 19.8. The third-order valence-corrected chi connectivity index (χ3v) is 7.73. The van der Waals surface area contributed by atoms with Crippen LogP contribution in [0.1, 0.15) is 55.2 Å². The maximum Gasteiger partial charge on any atom is 0.245 e. The van der Waals surface area contributed by atoms with Gasteiger partial charge in [0, 0.05) is 24.5 Å². The summed E-state index contributed by atoms with van der Waals surface area (Å²) < 4.78 is 7.38. The lowest BCUT2D eigenvalue weighted by Crippen LogP contribution is -2.44. The van der Waals surface area contributed by atoms with Crippen molar-refractivity contribution in [3.05, 3.63) is 65.2 Å². The van der Waals surface area contributed by atoms with Crippen molar-refractivity contribution in [1.82, 2.24) is 9.58 Å². The molecular formula is C28H32N4O2. The van der Waals surface area contributed by atoms with Crippen molar-refractivity contribution in [2.75, 3.05) is 25.6 Å². The second-order valence-corrected chi connectivity index (χ2v) is 9.73. The Bertz CT molecular complexity index is 1230. The number of benzene rings is 2. The topological polar surface area (TPSA) is 70.3 Å². The molecule has 176 valence electrons. The molecule has 1 amide bonds. The minimum absolute atomic E-state index is 0.0935. The molecule has 2 aliphatic rings. The number of amides is 1. The molecule has 1 saturated carbocycles. The molecule has 34 heavy (non-hydrogen) atoms. The molecule has 6 nitrogen and oxygen atoms in total. The molecule has 0 spiro atoms. The molecule has 1 fully saturated rings. The van der Waals surface area contributed by atoms with Crippen molar-refractivity contribution in [2.24, 2.45) is 5.41 Å². The fourth-order valence-corrected chi connectivity index (χ4v) is 5.68. The second kappa shape index (κ2) is 9.52. The zero-order valence-corrected chi connectivity index (χ0v) is 19.8. The van der Waals surface area contributed by atoms with E-state index in [0.29, 0.717) is 5.88 Å². The van der Waals surface area contributed by atoms with Crippen LogP contribution < -0.4 is 10.2 Å². The van der Waals surface area contributed by atoms with Crippen molar-refractivity contribution >= 4 is 16.8 Å². The van der Waals surface area contributed by atoms with E-state index in [0.717, 1.165) is 74.6 Å². The van der Waals surface area contributed by atoms with Gasteiger partial charge in [-0.05, 0) is 61.6 Å². The number of nitrogens with zero attached hydrogens (tertiary/aromatic N) is 3. The van der Waals surface area contributed by atoms with E-state index in [1.165, 1.54) is 17.5 Å². The molecular weight excluding hydrogens is 424 g/mol. The van der Waals surface area contributed by atoms with Gasteiger partial charge in [0.1, 0.15) is 0 Å². The van der Waals surface area contributed by atoms with Crippen molar-refractivity contribution in [3.63, 3.8) is 0 Å². The standard InChI is InChI=1S/C28H32N4O2/c1-34-26-18-23-7-3-4-8-25(23)32(26)30-27(33)28(12-5-2-6-13-28)14-16-31-15-11-22-10-9-21(19-29)17-24(22)20-31/h3-4,7-10,17-18H,2,5-6,11-16,20H2,1H3,(H,30,33). The highest BCUT2D eigenvalue weighted by atomic mass is 16.5. The SMILES string of the molecule is COc1cc2ccccc2n1NC(=O)C1(CCN2CCc3ccc(C#N)cc3C2)CCCCC1. The van der Waals surface area contributed by atoms with Gasteiger partial charge in [-0.25, -0.2) is 4.68 Å². The third kappa shape index (κ3) is 4.28. The Morgan fingerprint density at radius 1 is 1.12 bits per heavy atom. The Balaban J connectivity index is 1.33. The summed E-state index contributed by atoms with van der Waals surface area (Å²) in [7, 11) is 1.64. The van der Waals surface area contributed by atoms with Crippen LogP contribution in [0.4, 0.5) is 0 Å². The van der Waals surface area contributed by atoms with Crippen LogP contribution in [-0.4, -0.2) is 35.7 Å². The first-order chi connectivity index (χ1) is 16.6. The number of para-hydroxylation sites is 1. The summed E-state index contributed by atoms with van der Waals surface area (Å²) in [5, 5.41) is 10.3. The summed E-state index contributed by atoms with van der Waals surface area (Å²) in [6.45, 7) is 2.72. The van der Waals surface area contributed by atoms with Crippen molar-refractivity contribution in [1.29, 1.82) is 5.26 Å². The van der Waals surface area contributed by atoms with Crippen LogP contribution in [0.25, 0.3) is 10.9 Å². The number of aromatic nitrogens is 1. The first kappa shape index (κ1) is 22.5. The van der Waals surface area contributed by atoms with Crippen molar-refractivity contribution < 1.29 is 9.53 Å². The summed E-state index contributed by atoms with van der Waals surface area (Å²) in [4.78, 5) is 16.3. The normalized spacial score (nSPS) is 17.6. The van der Waals surface area contributed by atoms with E-state index in [9.17, 15) is 10.1 Å². The van der Waals surface area contributed by atoms with Crippen LogP contribution in [0.2, 0.25) is 0 Å². The molecule has 0 bridgehead atoms. The molecule has 0 atom stereocenters. The Kier molecular flexibility index (Phi) is 6.30. The predicted molar refractivity (Wildman–Crippen MR) is 133 cm³/mol. The molecule has 5 rings (SSSR count). The van der Waals surface area contributed by atoms with Gasteiger partial charge in [0.15, 0.2) is 0 Å². The largest absolute Gasteiger partial charge is 0.481 e. The molecule has 1 aliphatic carbocycles. The minimum atomic E-state index is -0.372. The molecule has 2 heterocycles. The number of hydrogen-bond acceptors (Lipinski definition) is 4. The van der Waals surface area contributed by atoms with Crippen LogP contribution in [0.3, 0.4) is 0 Å². The number of carbonyl (C=O) groups is 1. The molecule has 0 unspecified atom stereocenters. The molecule has 6 heteroatoms. The summed E-state index contributed by atoms with van der Waals surface area (Å²) in [5.41, 5.74) is 7.09. The molecule has 0 radical (unpaired) electrons. The van der Waals surface area contributed by atoms with Gasteiger partial charge in [-0.1, -0.05) is 43.5 Å². The maximum atomic E-state index is 13.8. The zero-order chi connectivity index (χ0) is 23.5. The third-order valence-electron chi connectivity index (χ3n) is 7.73. The van der Waals surface area contributed by atoms with Crippen LogP contribution in [0, 0.1) is 16.7 Å². The highest BCUT2D eigenvalue weighted by molar-refractivity contribution is 5.92.